The fourth-order valence-corrected chi connectivity index (χ4v) is 3.13. The largest absolute Gasteiger partial charge is 0.253 e. The normalized spacial score (nSPS) is 12.5. The van der Waals surface area contributed by atoms with Crippen LogP contribution in [0, 0.1) is 0 Å². The maximum Gasteiger partial charge on any atom is 0.105 e. The molecule has 2 aromatic carbocycles. The van der Waals surface area contributed by atoms with Gasteiger partial charge in [-0.25, -0.2) is 0 Å². The molecule has 0 saturated heterocycles. The summed E-state index contributed by atoms with van der Waals surface area (Å²) in [5.41, 5.74) is 5.68. The molecule has 0 fully saturated rings. The van der Waals surface area contributed by atoms with Crippen LogP contribution in [0.4, 0.5) is 0 Å². The summed E-state index contributed by atoms with van der Waals surface area (Å²) in [5.74, 6) is 0. The molecular weight excluding hydrogens is 373 g/mol. The molecule has 126 valence electrons. The fraction of sp³-hybridized carbons (Fsp3) is 0.105. The van der Waals surface area contributed by atoms with Crippen molar-refractivity contribution in [1.82, 2.24) is 9.59 Å². The lowest BCUT2D eigenvalue weighted by molar-refractivity contribution is 1.16. The number of benzene rings is 2. The Balaban J connectivity index is 1.87. The number of allylic oxidation sites excluding steroid dienone is 1. The predicted molar refractivity (Wildman–Crippen MR) is 108 cm³/mol. The molecule has 6 heteroatoms. The third kappa shape index (κ3) is 4.15. The van der Waals surface area contributed by atoms with Crippen molar-refractivity contribution in [2.24, 2.45) is 4.99 Å². The van der Waals surface area contributed by atoms with E-state index < -0.39 is 0 Å². The highest BCUT2D eigenvalue weighted by Crippen LogP contribution is 2.27. The van der Waals surface area contributed by atoms with E-state index >= 15 is 0 Å². The number of halogens is 2. The summed E-state index contributed by atoms with van der Waals surface area (Å²) in [5, 5.41) is 7.07. The van der Waals surface area contributed by atoms with Gasteiger partial charge in [-0.05, 0) is 43.1 Å². The lowest BCUT2D eigenvalue weighted by Gasteiger charge is -2.07. The second-order valence-corrected chi connectivity index (χ2v) is 6.79. The molecule has 0 amide bonds. The van der Waals surface area contributed by atoms with Crippen LogP contribution < -0.4 is 0 Å². The monoisotopic (exact) mass is 387 g/mol. The average Bonchev–Trinajstić information content (AvgIpc) is 3.17. The third-order valence-corrected chi connectivity index (χ3v) is 4.98. The smallest absolute Gasteiger partial charge is 0.105 e. The SMILES string of the molecule is C/C=C(\N=C(C)c1ccc(-c2csnn2)cc1)c1ccc(Cl)c(Cl)c1. The van der Waals surface area contributed by atoms with E-state index in [0.717, 1.165) is 33.8 Å². The third-order valence-electron chi connectivity index (χ3n) is 3.74. The van der Waals surface area contributed by atoms with Crippen molar-refractivity contribution in [3.63, 3.8) is 0 Å². The fourth-order valence-electron chi connectivity index (χ4n) is 2.37. The van der Waals surface area contributed by atoms with Gasteiger partial charge in [0.1, 0.15) is 5.69 Å². The molecule has 1 aromatic heterocycles. The van der Waals surface area contributed by atoms with E-state index in [2.05, 4.69) is 9.59 Å². The van der Waals surface area contributed by atoms with E-state index in [1.807, 2.05) is 61.7 Å². The van der Waals surface area contributed by atoms with Crippen LogP contribution in [0.1, 0.15) is 25.0 Å². The van der Waals surface area contributed by atoms with Crippen LogP contribution in [0.15, 0.2) is 58.9 Å². The molecule has 0 atom stereocenters. The molecule has 0 N–H and O–H groups in total. The predicted octanol–water partition coefficient (Wildman–Crippen LogP) is 6.38. The Hall–Kier alpha value is -2.01. The lowest BCUT2D eigenvalue weighted by Crippen LogP contribution is -1.96. The van der Waals surface area contributed by atoms with Crippen LogP contribution in [-0.2, 0) is 0 Å². The molecule has 25 heavy (non-hydrogen) atoms. The molecule has 0 unspecified atom stereocenters. The minimum absolute atomic E-state index is 0.521. The van der Waals surface area contributed by atoms with E-state index in [9.17, 15) is 0 Å². The highest BCUT2D eigenvalue weighted by Gasteiger charge is 2.06. The van der Waals surface area contributed by atoms with E-state index in [4.69, 9.17) is 28.2 Å². The Morgan fingerprint density at radius 3 is 2.36 bits per heavy atom. The van der Waals surface area contributed by atoms with Crippen molar-refractivity contribution in [2.45, 2.75) is 13.8 Å². The summed E-state index contributed by atoms with van der Waals surface area (Å²) in [7, 11) is 0. The molecule has 0 spiro atoms. The highest BCUT2D eigenvalue weighted by atomic mass is 35.5. The molecule has 3 rings (SSSR count). The van der Waals surface area contributed by atoms with Gasteiger partial charge in [-0.2, -0.15) is 0 Å². The van der Waals surface area contributed by atoms with Gasteiger partial charge in [-0.15, -0.1) is 5.10 Å². The van der Waals surface area contributed by atoms with Crippen molar-refractivity contribution in [1.29, 1.82) is 0 Å². The van der Waals surface area contributed by atoms with Crippen molar-refractivity contribution in [3.05, 3.63) is 75.1 Å². The Kier molecular flexibility index (Phi) is 5.63. The van der Waals surface area contributed by atoms with E-state index in [1.165, 1.54) is 11.5 Å². The van der Waals surface area contributed by atoms with E-state index in [0.29, 0.717) is 10.0 Å². The summed E-state index contributed by atoms with van der Waals surface area (Å²) < 4.78 is 3.89. The van der Waals surface area contributed by atoms with E-state index in [1.54, 1.807) is 6.07 Å². The average molecular weight is 388 g/mol. The van der Waals surface area contributed by atoms with Crippen LogP contribution >= 0.6 is 34.7 Å². The first-order valence-corrected chi connectivity index (χ1v) is 9.22. The standard InChI is InChI=1S/C19H15Cl2N3S/c1-3-18(15-8-9-16(20)17(21)10-15)22-12(2)13-4-6-14(7-5-13)19-11-25-24-23-19/h3-11H,1-2H3/b18-3-,22-12?. The van der Waals surface area contributed by atoms with Crippen LogP contribution in [-0.4, -0.2) is 15.3 Å². The highest BCUT2D eigenvalue weighted by molar-refractivity contribution is 7.03. The molecule has 0 aliphatic heterocycles. The van der Waals surface area contributed by atoms with Gasteiger partial charge in [-0.3, -0.25) is 4.99 Å². The van der Waals surface area contributed by atoms with E-state index in [-0.39, 0.29) is 0 Å². The number of rotatable bonds is 4. The zero-order valence-corrected chi connectivity index (χ0v) is 16.0. The van der Waals surface area contributed by atoms with Gasteiger partial charge in [0.05, 0.1) is 15.7 Å². The lowest BCUT2D eigenvalue weighted by atomic mass is 10.1. The molecule has 0 radical (unpaired) electrons. The first-order chi connectivity index (χ1) is 12.1. The molecule has 0 aliphatic rings. The summed E-state index contributed by atoms with van der Waals surface area (Å²) in [6.07, 6.45) is 1.96. The zero-order chi connectivity index (χ0) is 17.8. The van der Waals surface area contributed by atoms with Gasteiger partial charge in [0.2, 0.25) is 0 Å². The maximum absolute atomic E-state index is 6.12. The number of nitrogens with zero attached hydrogens (tertiary/aromatic N) is 3. The van der Waals surface area contributed by atoms with Crippen LogP contribution in [0.2, 0.25) is 10.0 Å². The molecule has 3 aromatic rings. The number of hydrogen-bond acceptors (Lipinski definition) is 4. The number of hydrogen-bond donors (Lipinski definition) is 0. The Bertz CT molecular complexity index is 930. The first kappa shape index (κ1) is 17.8. The number of aliphatic imine (C=N–C) groups is 1. The quantitative estimate of drug-likeness (QED) is 0.486. The number of aromatic nitrogens is 2. The Labute approximate surface area is 160 Å². The van der Waals surface area contributed by atoms with Gasteiger partial charge in [0.25, 0.3) is 0 Å². The van der Waals surface area contributed by atoms with Gasteiger partial charge >= 0.3 is 0 Å². The first-order valence-electron chi connectivity index (χ1n) is 7.63. The van der Waals surface area contributed by atoms with Crippen molar-refractivity contribution >= 4 is 46.1 Å². The summed E-state index contributed by atoms with van der Waals surface area (Å²) >= 11 is 13.5. The van der Waals surface area contributed by atoms with Crippen LogP contribution in [0.25, 0.3) is 17.0 Å². The summed E-state index contributed by atoms with van der Waals surface area (Å²) in [6.45, 7) is 3.94. The Morgan fingerprint density at radius 1 is 1.04 bits per heavy atom. The van der Waals surface area contributed by atoms with Gasteiger partial charge in [-0.1, -0.05) is 64.1 Å². The minimum Gasteiger partial charge on any atom is -0.253 e. The molecular formula is C19H15Cl2N3S. The van der Waals surface area contributed by atoms with Crippen LogP contribution in [0.3, 0.4) is 0 Å². The minimum atomic E-state index is 0.521. The Morgan fingerprint density at radius 2 is 1.76 bits per heavy atom. The van der Waals surface area contributed by atoms with Crippen molar-refractivity contribution in [3.8, 4) is 11.3 Å². The zero-order valence-electron chi connectivity index (χ0n) is 13.7. The maximum atomic E-state index is 6.12. The van der Waals surface area contributed by atoms with Gasteiger partial charge < -0.3 is 0 Å². The topological polar surface area (TPSA) is 38.1 Å². The second-order valence-electron chi connectivity index (χ2n) is 5.37. The molecule has 1 heterocycles. The van der Waals surface area contributed by atoms with Crippen molar-refractivity contribution in [2.75, 3.05) is 0 Å². The summed E-state index contributed by atoms with van der Waals surface area (Å²) in [6, 6.07) is 13.7. The molecule has 0 aliphatic carbocycles. The van der Waals surface area contributed by atoms with Crippen molar-refractivity contribution < 1.29 is 0 Å². The second kappa shape index (κ2) is 7.91. The summed E-state index contributed by atoms with van der Waals surface area (Å²) in [4.78, 5) is 4.75. The van der Waals surface area contributed by atoms with Crippen LogP contribution in [0.5, 0.6) is 0 Å². The van der Waals surface area contributed by atoms with Gasteiger partial charge in [0, 0.05) is 22.2 Å². The molecule has 0 saturated carbocycles. The molecule has 0 bridgehead atoms. The van der Waals surface area contributed by atoms with Gasteiger partial charge in [0.15, 0.2) is 0 Å². The molecule has 3 nitrogen and oxygen atoms in total.